The first-order valence-electron chi connectivity index (χ1n) is 2.85. The van der Waals surface area contributed by atoms with E-state index in [0.29, 0.717) is 5.82 Å². The van der Waals surface area contributed by atoms with Gasteiger partial charge in [-0.25, -0.2) is 10.8 Å². The maximum atomic E-state index is 5.09. The quantitative estimate of drug-likeness (QED) is 0.439. The Morgan fingerprint density at radius 2 is 2.67 bits per heavy atom. The molecule has 0 radical (unpaired) electrons. The largest absolute Gasteiger partial charge is 0.336 e. The number of aromatic nitrogens is 2. The predicted octanol–water partition coefficient (Wildman–Crippen LogP) is 0.189. The van der Waals surface area contributed by atoms with E-state index < -0.39 is 0 Å². The Labute approximate surface area is 53.7 Å². The van der Waals surface area contributed by atoms with Crippen molar-refractivity contribution in [3.63, 3.8) is 0 Å². The molecule has 0 fully saturated rings. The highest BCUT2D eigenvalue weighted by atomic mass is 15.3. The average molecular weight is 126 g/mol. The zero-order valence-corrected chi connectivity index (χ0v) is 5.33. The van der Waals surface area contributed by atoms with Crippen molar-refractivity contribution in [3.05, 3.63) is 12.5 Å². The van der Waals surface area contributed by atoms with Crippen LogP contribution in [0.2, 0.25) is 0 Å². The zero-order valence-electron chi connectivity index (χ0n) is 5.33. The van der Waals surface area contributed by atoms with Gasteiger partial charge < -0.3 is 9.99 Å². The van der Waals surface area contributed by atoms with Crippen molar-refractivity contribution in [3.8, 4) is 0 Å². The van der Waals surface area contributed by atoms with Crippen molar-refractivity contribution in [1.29, 1.82) is 0 Å². The highest BCUT2D eigenvalue weighted by Gasteiger charge is 1.90. The van der Waals surface area contributed by atoms with E-state index in [1.165, 1.54) is 0 Å². The van der Waals surface area contributed by atoms with Crippen molar-refractivity contribution >= 4 is 5.82 Å². The van der Waals surface area contributed by atoms with Gasteiger partial charge in [0.25, 0.3) is 0 Å². The molecule has 0 atom stereocenters. The molecule has 0 saturated heterocycles. The van der Waals surface area contributed by atoms with Crippen LogP contribution in [0.1, 0.15) is 6.92 Å². The van der Waals surface area contributed by atoms with E-state index in [9.17, 15) is 0 Å². The normalized spacial score (nSPS) is 9.56. The van der Waals surface area contributed by atoms with Gasteiger partial charge in [-0.1, -0.05) is 0 Å². The SMILES string of the molecule is CCn1cnc(NN)c1. The van der Waals surface area contributed by atoms with E-state index in [4.69, 9.17) is 5.84 Å². The van der Waals surface area contributed by atoms with Gasteiger partial charge >= 0.3 is 0 Å². The molecular formula is C5H10N4. The molecule has 0 aliphatic rings. The first kappa shape index (κ1) is 6.10. The summed E-state index contributed by atoms with van der Waals surface area (Å²) in [6.45, 7) is 2.97. The van der Waals surface area contributed by atoms with Crippen molar-refractivity contribution < 1.29 is 0 Å². The van der Waals surface area contributed by atoms with Crippen molar-refractivity contribution in [1.82, 2.24) is 9.55 Å². The number of hydrogen-bond acceptors (Lipinski definition) is 3. The van der Waals surface area contributed by atoms with Crippen LogP contribution in [0.5, 0.6) is 0 Å². The van der Waals surface area contributed by atoms with Crippen LogP contribution in [-0.2, 0) is 6.54 Å². The van der Waals surface area contributed by atoms with Gasteiger partial charge in [0.15, 0.2) is 5.82 Å². The van der Waals surface area contributed by atoms with Crippen LogP contribution >= 0.6 is 0 Å². The molecule has 0 unspecified atom stereocenters. The number of nitrogens with zero attached hydrogens (tertiary/aromatic N) is 2. The second-order valence-electron chi connectivity index (χ2n) is 1.73. The summed E-state index contributed by atoms with van der Waals surface area (Å²) in [5, 5.41) is 0. The first-order valence-corrected chi connectivity index (χ1v) is 2.85. The van der Waals surface area contributed by atoms with Crippen LogP contribution in [-0.4, -0.2) is 9.55 Å². The van der Waals surface area contributed by atoms with Crippen LogP contribution in [0.15, 0.2) is 12.5 Å². The topological polar surface area (TPSA) is 55.9 Å². The molecule has 50 valence electrons. The van der Waals surface area contributed by atoms with Gasteiger partial charge in [-0.15, -0.1) is 0 Å². The van der Waals surface area contributed by atoms with Gasteiger partial charge in [0.1, 0.15) is 0 Å². The minimum atomic E-state index is 0.705. The maximum absolute atomic E-state index is 5.09. The lowest BCUT2D eigenvalue weighted by Crippen LogP contribution is -2.06. The Hall–Kier alpha value is -1.03. The number of nitrogens with two attached hydrogens (primary N) is 1. The van der Waals surface area contributed by atoms with Crippen LogP contribution in [0.3, 0.4) is 0 Å². The maximum Gasteiger partial charge on any atom is 0.158 e. The Morgan fingerprint density at radius 1 is 1.89 bits per heavy atom. The number of imidazole rings is 1. The van der Waals surface area contributed by atoms with E-state index in [1.807, 2.05) is 17.7 Å². The van der Waals surface area contributed by atoms with Crippen molar-refractivity contribution in [2.24, 2.45) is 5.84 Å². The summed E-state index contributed by atoms with van der Waals surface area (Å²) >= 11 is 0. The van der Waals surface area contributed by atoms with Gasteiger partial charge in [0.05, 0.1) is 6.33 Å². The molecule has 4 nitrogen and oxygen atoms in total. The molecular weight excluding hydrogens is 116 g/mol. The lowest BCUT2D eigenvalue weighted by atomic mass is 10.7. The fourth-order valence-corrected chi connectivity index (χ4v) is 0.608. The summed E-state index contributed by atoms with van der Waals surface area (Å²) in [5.41, 5.74) is 2.45. The Balaban J connectivity index is 2.74. The number of aryl methyl sites for hydroxylation is 1. The van der Waals surface area contributed by atoms with Gasteiger partial charge in [0.2, 0.25) is 0 Å². The van der Waals surface area contributed by atoms with Crippen LogP contribution in [0.4, 0.5) is 5.82 Å². The van der Waals surface area contributed by atoms with Crippen LogP contribution in [0, 0.1) is 0 Å². The summed E-state index contributed by atoms with van der Waals surface area (Å²) in [5.74, 6) is 5.80. The number of hydrogen-bond donors (Lipinski definition) is 2. The molecule has 0 aliphatic carbocycles. The number of anilines is 1. The molecule has 0 bridgehead atoms. The first-order chi connectivity index (χ1) is 4.36. The fraction of sp³-hybridized carbons (Fsp3) is 0.400. The summed E-state index contributed by atoms with van der Waals surface area (Å²) in [6.07, 6.45) is 3.58. The van der Waals surface area contributed by atoms with E-state index in [1.54, 1.807) is 6.33 Å². The molecule has 0 aromatic carbocycles. The monoisotopic (exact) mass is 126 g/mol. The van der Waals surface area contributed by atoms with Crippen molar-refractivity contribution in [2.45, 2.75) is 13.5 Å². The molecule has 1 heterocycles. The molecule has 4 heteroatoms. The Bertz CT molecular complexity index is 162. The minimum absolute atomic E-state index is 0.705. The zero-order chi connectivity index (χ0) is 6.69. The van der Waals surface area contributed by atoms with E-state index >= 15 is 0 Å². The van der Waals surface area contributed by atoms with E-state index in [0.717, 1.165) is 6.54 Å². The Morgan fingerprint density at radius 3 is 3.00 bits per heavy atom. The number of nitrogens with one attached hydrogen (secondary N) is 1. The summed E-state index contributed by atoms with van der Waals surface area (Å²) < 4.78 is 1.94. The number of nitrogen functional groups attached to an aromatic ring is 1. The standard InChI is InChI=1S/C5H10N4/c1-2-9-3-5(8-6)7-4-9/h3-4,8H,2,6H2,1H3. The van der Waals surface area contributed by atoms with E-state index in [-0.39, 0.29) is 0 Å². The van der Waals surface area contributed by atoms with Gasteiger partial charge in [-0.3, -0.25) is 0 Å². The van der Waals surface area contributed by atoms with E-state index in [2.05, 4.69) is 10.4 Å². The minimum Gasteiger partial charge on any atom is -0.336 e. The summed E-state index contributed by atoms with van der Waals surface area (Å²) in [7, 11) is 0. The van der Waals surface area contributed by atoms with Gasteiger partial charge in [0, 0.05) is 12.7 Å². The van der Waals surface area contributed by atoms with Crippen LogP contribution in [0.25, 0.3) is 0 Å². The van der Waals surface area contributed by atoms with Crippen LogP contribution < -0.4 is 11.3 Å². The molecule has 1 aromatic heterocycles. The summed E-state index contributed by atoms with van der Waals surface area (Å²) in [4.78, 5) is 3.93. The molecule has 0 spiro atoms. The second-order valence-corrected chi connectivity index (χ2v) is 1.73. The number of rotatable bonds is 2. The van der Waals surface area contributed by atoms with Gasteiger partial charge in [-0.05, 0) is 6.92 Å². The lowest BCUT2D eigenvalue weighted by molar-refractivity contribution is 0.761. The molecule has 0 amide bonds. The predicted molar refractivity (Wildman–Crippen MR) is 35.7 cm³/mol. The molecule has 0 aliphatic heterocycles. The van der Waals surface area contributed by atoms with Crippen molar-refractivity contribution in [2.75, 3.05) is 5.43 Å². The molecule has 1 rings (SSSR count). The summed E-state index contributed by atoms with van der Waals surface area (Å²) in [6, 6.07) is 0. The highest BCUT2D eigenvalue weighted by Crippen LogP contribution is 1.98. The average Bonchev–Trinajstić information content (AvgIpc) is 2.34. The number of hydrazine groups is 1. The Kier molecular flexibility index (Phi) is 1.69. The molecule has 1 aromatic rings. The third kappa shape index (κ3) is 1.20. The second kappa shape index (κ2) is 2.50. The molecule has 3 N–H and O–H groups in total. The van der Waals surface area contributed by atoms with Gasteiger partial charge in [-0.2, -0.15) is 0 Å². The fourth-order valence-electron chi connectivity index (χ4n) is 0.608. The highest BCUT2D eigenvalue weighted by molar-refractivity contribution is 5.28. The smallest absolute Gasteiger partial charge is 0.158 e. The third-order valence-corrected chi connectivity index (χ3v) is 1.15. The molecule has 9 heavy (non-hydrogen) atoms. The molecule has 0 saturated carbocycles. The third-order valence-electron chi connectivity index (χ3n) is 1.15. The lowest BCUT2D eigenvalue weighted by Gasteiger charge is -1.90.